The molecule has 0 unspecified atom stereocenters. The summed E-state index contributed by atoms with van der Waals surface area (Å²) in [6, 6.07) is 4.03. The SMILES string of the molecule is NCc1[nH]nc(-c2ccc(Br)s2)c1Br. The second kappa shape index (κ2) is 4.14. The lowest BCUT2D eigenvalue weighted by Gasteiger charge is -1.92. The Bertz CT molecular complexity index is 449. The molecular weight excluding hydrogens is 330 g/mol. The molecule has 0 atom stereocenters. The van der Waals surface area contributed by atoms with Gasteiger partial charge in [0.25, 0.3) is 0 Å². The first-order valence-electron chi connectivity index (χ1n) is 3.91. The van der Waals surface area contributed by atoms with Crippen LogP contribution in [0.25, 0.3) is 10.6 Å². The first-order chi connectivity index (χ1) is 6.72. The molecular formula is C8H7Br2N3S. The normalized spacial score (nSPS) is 10.8. The largest absolute Gasteiger partial charge is 0.325 e. The highest BCUT2D eigenvalue weighted by molar-refractivity contribution is 9.11. The lowest BCUT2D eigenvalue weighted by Crippen LogP contribution is -1.96. The maximum atomic E-state index is 5.54. The molecule has 0 bridgehead atoms. The Labute approximate surface area is 102 Å². The minimum Gasteiger partial charge on any atom is -0.325 e. The minimum absolute atomic E-state index is 0.458. The van der Waals surface area contributed by atoms with Crippen LogP contribution in [0.15, 0.2) is 20.4 Å². The fourth-order valence-corrected chi connectivity index (χ4v) is 3.17. The fraction of sp³-hybridized carbons (Fsp3) is 0.125. The van der Waals surface area contributed by atoms with E-state index in [0.29, 0.717) is 6.54 Å². The third-order valence-electron chi connectivity index (χ3n) is 1.79. The number of nitrogens with zero attached hydrogens (tertiary/aromatic N) is 1. The Morgan fingerprint density at radius 1 is 1.43 bits per heavy atom. The monoisotopic (exact) mass is 335 g/mol. The molecule has 2 aromatic rings. The summed E-state index contributed by atoms with van der Waals surface area (Å²) >= 11 is 8.54. The number of hydrogen-bond acceptors (Lipinski definition) is 3. The Morgan fingerprint density at radius 3 is 2.71 bits per heavy atom. The average molecular weight is 337 g/mol. The average Bonchev–Trinajstić information content (AvgIpc) is 2.72. The van der Waals surface area contributed by atoms with E-state index in [1.165, 1.54) is 0 Å². The van der Waals surface area contributed by atoms with Crippen molar-refractivity contribution in [1.29, 1.82) is 0 Å². The maximum absolute atomic E-state index is 5.54. The molecule has 2 heterocycles. The van der Waals surface area contributed by atoms with E-state index in [1.54, 1.807) is 11.3 Å². The van der Waals surface area contributed by atoms with Gasteiger partial charge in [-0.25, -0.2) is 0 Å². The first-order valence-corrected chi connectivity index (χ1v) is 6.31. The van der Waals surface area contributed by atoms with Gasteiger partial charge < -0.3 is 5.73 Å². The molecule has 6 heteroatoms. The van der Waals surface area contributed by atoms with Gasteiger partial charge >= 0.3 is 0 Å². The maximum Gasteiger partial charge on any atom is 0.117 e. The van der Waals surface area contributed by atoms with Crippen LogP contribution in [0.1, 0.15) is 5.69 Å². The summed E-state index contributed by atoms with van der Waals surface area (Å²) in [4.78, 5) is 1.11. The second-order valence-corrected chi connectivity index (χ2v) is 5.93. The summed E-state index contributed by atoms with van der Waals surface area (Å²) in [6.45, 7) is 0.458. The molecule has 2 rings (SSSR count). The van der Waals surface area contributed by atoms with Gasteiger partial charge in [0.05, 0.1) is 18.8 Å². The van der Waals surface area contributed by atoms with Crippen LogP contribution in [0.2, 0.25) is 0 Å². The quantitative estimate of drug-likeness (QED) is 0.885. The predicted octanol–water partition coefficient (Wildman–Crippen LogP) is 3.12. The van der Waals surface area contributed by atoms with Gasteiger partial charge in [-0.3, -0.25) is 5.10 Å². The van der Waals surface area contributed by atoms with Crippen molar-refractivity contribution in [2.45, 2.75) is 6.54 Å². The van der Waals surface area contributed by atoms with Crippen molar-refractivity contribution in [2.24, 2.45) is 5.73 Å². The lowest BCUT2D eigenvalue weighted by atomic mass is 10.3. The van der Waals surface area contributed by atoms with Crippen LogP contribution in [0.3, 0.4) is 0 Å². The van der Waals surface area contributed by atoms with Gasteiger partial charge in [-0.05, 0) is 44.0 Å². The number of nitrogens with two attached hydrogens (primary N) is 1. The standard InChI is InChI=1S/C8H7Br2N3S/c9-6-2-1-5(14-6)8-7(10)4(3-11)12-13-8/h1-2H,3,11H2,(H,12,13). The second-order valence-electron chi connectivity index (χ2n) is 2.67. The van der Waals surface area contributed by atoms with Crippen molar-refractivity contribution in [3.05, 3.63) is 26.1 Å². The van der Waals surface area contributed by atoms with Gasteiger partial charge in [-0.15, -0.1) is 11.3 Å². The van der Waals surface area contributed by atoms with Crippen molar-refractivity contribution in [2.75, 3.05) is 0 Å². The van der Waals surface area contributed by atoms with Crippen molar-refractivity contribution >= 4 is 43.2 Å². The number of rotatable bonds is 2. The fourth-order valence-electron chi connectivity index (χ4n) is 1.10. The molecule has 0 spiro atoms. The minimum atomic E-state index is 0.458. The van der Waals surface area contributed by atoms with Crippen LogP contribution in [0.5, 0.6) is 0 Å². The molecule has 0 aromatic carbocycles. The molecule has 0 aliphatic carbocycles. The number of aromatic nitrogens is 2. The van der Waals surface area contributed by atoms with Gasteiger partial charge in [0, 0.05) is 6.54 Å². The molecule has 0 aliphatic rings. The Balaban J connectivity index is 2.46. The molecule has 3 nitrogen and oxygen atoms in total. The van der Waals surface area contributed by atoms with Crippen LogP contribution in [-0.2, 0) is 6.54 Å². The zero-order chi connectivity index (χ0) is 10.1. The molecule has 2 aromatic heterocycles. The van der Waals surface area contributed by atoms with Crippen LogP contribution in [0.4, 0.5) is 0 Å². The Morgan fingerprint density at radius 2 is 2.21 bits per heavy atom. The number of hydrogen-bond donors (Lipinski definition) is 2. The van der Waals surface area contributed by atoms with E-state index in [4.69, 9.17) is 5.73 Å². The number of halogens is 2. The molecule has 0 radical (unpaired) electrons. The predicted molar refractivity (Wildman–Crippen MR) is 65.2 cm³/mol. The summed E-state index contributed by atoms with van der Waals surface area (Å²) in [7, 11) is 0. The van der Waals surface area contributed by atoms with E-state index in [1.807, 2.05) is 12.1 Å². The van der Waals surface area contributed by atoms with Gasteiger partial charge in [0.2, 0.25) is 0 Å². The zero-order valence-electron chi connectivity index (χ0n) is 7.05. The first kappa shape index (κ1) is 10.4. The van der Waals surface area contributed by atoms with E-state index >= 15 is 0 Å². The van der Waals surface area contributed by atoms with E-state index in [-0.39, 0.29) is 0 Å². The third kappa shape index (κ3) is 1.79. The summed E-state index contributed by atoms with van der Waals surface area (Å²) in [5, 5.41) is 7.11. The van der Waals surface area contributed by atoms with Crippen LogP contribution < -0.4 is 5.73 Å². The summed E-state index contributed by atoms with van der Waals surface area (Å²) in [5.74, 6) is 0. The van der Waals surface area contributed by atoms with E-state index in [9.17, 15) is 0 Å². The summed E-state index contributed by atoms with van der Waals surface area (Å²) < 4.78 is 2.05. The van der Waals surface area contributed by atoms with Crippen LogP contribution in [0, 0.1) is 0 Å². The van der Waals surface area contributed by atoms with Gasteiger partial charge in [-0.1, -0.05) is 0 Å². The van der Waals surface area contributed by atoms with Gasteiger partial charge in [-0.2, -0.15) is 5.10 Å². The molecule has 0 amide bonds. The summed E-state index contributed by atoms with van der Waals surface area (Å²) in [6.07, 6.45) is 0. The topological polar surface area (TPSA) is 54.7 Å². The number of aromatic amines is 1. The van der Waals surface area contributed by atoms with Crippen molar-refractivity contribution < 1.29 is 0 Å². The highest BCUT2D eigenvalue weighted by Crippen LogP contribution is 2.35. The number of thiophene rings is 1. The molecule has 0 fully saturated rings. The van der Waals surface area contributed by atoms with Crippen molar-refractivity contribution in [1.82, 2.24) is 10.2 Å². The van der Waals surface area contributed by atoms with Gasteiger partial charge in [0.1, 0.15) is 5.69 Å². The lowest BCUT2D eigenvalue weighted by molar-refractivity contribution is 0.945. The molecule has 3 N–H and O–H groups in total. The Hall–Kier alpha value is -0.170. The Kier molecular flexibility index (Phi) is 3.06. The smallest absolute Gasteiger partial charge is 0.117 e. The molecule has 0 aliphatic heterocycles. The molecule has 0 saturated carbocycles. The van der Waals surface area contributed by atoms with Crippen molar-refractivity contribution in [3.63, 3.8) is 0 Å². The van der Waals surface area contributed by atoms with Crippen LogP contribution >= 0.6 is 43.2 Å². The third-order valence-corrected chi connectivity index (χ3v) is 4.27. The summed E-state index contributed by atoms with van der Waals surface area (Å²) in [5.41, 5.74) is 7.38. The zero-order valence-corrected chi connectivity index (χ0v) is 11.0. The molecule has 0 saturated heterocycles. The highest BCUT2D eigenvalue weighted by atomic mass is 79.9. The molecule has 14 heavy (non-hydrogen) atoms. The van der Waals surface area contributed by atoms with Crippen LogP contribution in [-0.4, -0.2) is 10.2 Å². The number of H-pyrrole nitrogens is 1. The van der Waals surface area contributed by atoms with E-state index in [2.05, 4.69) is 42.1 Å². The van der Waals surface area contributed by atoms with Crippen molar-refractivity contribution in [3.8, 4) is 10.6 Å². The van der Waals surface area contributed by atoms with Gasteiger partial charge in [0.15, 0.2) is 0 Å². The number of nitrogens with one attached hydrogen (secondary N) is 1. The highest BCUT2D eigenvalue weighted by Gasteiger charge is 2.12. The van der Waals surface area contributed by atoms with E-state index < -0.39 is 0 Å². The van der Waals surface area contributed by atoms with E-state index in [0.717, 1.165) is 24.5 Å². The molecule has 74 valence electrons.